The second-order valence-corrected chi connectivity index (χ2v) is 13.2. The molecular weight excluding hydrogens is 552 g/mol. The maximum atomic E-state index is 15.8. The number of benzene rings is 5. The number of hydrogen-bond acceptors (Lipinski definition) is 4. The molecule has 0 unspecified atom stereocenters. The van der Waals surface area contributed by atoms with Gasteiger partial charge in [-0.2, -0.15) is 0 Å². The molecule has 0 radical (unpaired) electrons. The number of nitrogens with one attached hydrogen (secondary N) is 1. The number of hydrogen-bond donors (Lipinski definition) is 1. The first-order chi connectivity index (χ1) is 21.9. The van der Waals surface area contributed by atoms with Crippen LogP contribution in [0.25, 0.3) is 16.8 Å². The van der Waals surface area contributed by atoms with Crippen LogP contribution in [-0.2, 0) is 10.3 Å². The van der Waals surface area contributed by atoms with E-state index in [9.17, 15) is 0 Å². The van der Waals surface area contributed by atoms with E-state index in [1.807, 2.05) is 48.5 Å². The first-order valence-electron chi connectivity index (χ1n) is 15.8. The molecule has 8 rings (SSSR count). The fraction of sp³-hybridized carbons (Fsp3) is 0.220. The van der Waals surface area contributed by atoms with Crippen LogP contribution in [0.5, 0.6) is 0 Å². The van der Waals surface area contributed by atoms with Crippen molar-refractivity contribution in [2.75, 3.05) is 20.1 Å². The number of aryl methyl sites for hydroxylation is 2. The summed E-state index contributed by atoms with van der Waals surface area (Å²) in [5.41, 5.74) is 5.39. The Kier molecular flexibility index (Phi) is 6.32. The van der Waals surface area contributed by atoms with Crippen molar-refractivity contribution >= 4 is 28.4 Å². The highest BCUT2D eigenvalue weighted by atomic mass is 16.1. The molecule has 2 spiro atoms. The van der Waals surface area contributed by atoms with Gasteiger partial charge < -0.3 is 4.90 Å². The Morgan fingerprint density at radius 1 is 0.756 bits per heavy atom. The molecule has 4 nitrogen and oxygen atoms in total. The molecule has 4 atom stereocenters. The van der Waals surface area contributed by atoms with Crippen molar-refractivity contribution in [3.8, 4) is 0 Å². The summed E-state index contributed by atoms with van der Waals surface area (Å²) in [6, 6.07) is 38.9. The minimum atomic E-state index is -1.26. The lowest BCUT2D eigenvalue weighted by atomic mass is 9.54. The van der Waals surface area contributed by atoms with Gasteiger partial charge in [0.05, 0.1) is 5.41 Å². The molecule has 1 aliphatic carbocycles. The van der Waals surface area contributed by atoms with Gasteiger partial charge >= 0.3 is 0 Å². The normalized spacial score (nSPS) is 27.0. The van der Waals surface area contributed by atoms with Crippen molar-refractivity contribution < 1.29 is 9.59 Å². The number of piperidine rings is 1. The number of Topliss-reactive ketones (excluding diaryl/α,β-unsaturated/α-hetero) is 2. The van der Waals surface area contributed by atoms with Gasteiger partial charge in [0, 0.05) is 36.2 Å². The summed E-state index contributed by atoms with van der Waals surface area (Å²) in [5, 5.41) is 5.98. The fourth-order valence-corrected chi connectivity index (χ4v) is 8.81. The average Bonchev–Trinajstić information content (AvgIpc) is 3.48. The lowest BCUT2D eigenvalue weighted by molar-refractivity contribution is -0.132. The van der Waals surface area contributed by atoms with Crippen LogP contribution in [-0.4, -0.2) is 36.6 Å². The highest BCUT2D eigenvalue weighted by molar-refractivity contribution is 6.24. The van der Waals surface area contributed by atoms with Crippen molar-refractivity contribution in [1.82, 2.24) is 10.2 Å². The summed E-state index contributed by atoms with van der Waals surface area (Å²) in [5.74, 6) is -0.267. The van der Waals surface area contributed by atoms with E-state index in [0.717, 1.165) is 49.7 Å². The summed E-state index contributed by atoms with van der Waals surface area (Å²) in [4.78, 5) is 33.4. The summed E-state index contributed by atoms with van der Waals surface area (Å²) in [6.45, 7) is 5.18. The van der Waals surface area contributed by atoms with Gasteiger partial charge in [0.2, 0.25) is 0 Å². The zero-order valence-corrected chi connectivity index (χ0v) is 25.9. The molecule has 0 amide bonds. The zero-order chi connectivity index (χ0) is 30.9. The second kappa shape index (κ2) is 10.2. The lowest BCUT2D eigenvalue weighted by Gasteiger charge is -2.50. The second-order valence-electron chi connectivity index (χ2n) is 13.2. The Hall–Kier alpha value is -4.64. The van der Waals surface area contributed by atoms with Crippen LogP contribution < -0.4 is 5.32 Å². The number of likely N-dealkylation sites (tertiary alicyclic amines) is 1. The zero-order valence-electron chi connectivity index (χ0n) is 25.9. The number of likely N-dealkylation sites (N-methyl/N-ethyl adjacent to an activating group) is 1. The van der Waals surface area contributed by atoms with Gasteiger partial charge in [0.1, 0.15) is 5.54 Å². The van der Waals surface area contributed by atoms with E-state index in [-0.39, 0.29) is 23.5 Å². The predicted octanol–water partition coefficient (Wildman–Crippen LogP) is 7.56. The number of nitrogens with zero attached hydrogens (tertiary/aromatic N) is 1. The van der Waals surface area contributed by atoms with Crippen LogP contribution >= 0.6 is 0 Å². The van der Waals surface area contributed by atoms with Crippen molar-refractivity contribution in [3.63, 3.8) is 0 Å². The number of ketones is 2. The van der Waals surface area contributed by atoms with Gasteiger partial charge in [0.25, 0.3) is 0 Å². The fourth-order valence-electron chi connectivity index (χ4n) is 8.81. The first kappa shape index (κ1) is 27.9. The van der Waals surface area contributed by atoms with Crippen LogP contribution in [0.3, 0.4) is 0 Å². The monoisotopic (exact) mass is 588 g/mol. The van der Waals surface area contributed by atoms with Gasteiger partial charge in [-0.25, -0.2) is 0 Å². The molecule has 222 valence electrons. The Morgan fingerprint density at radius 2 is 1.44 bits per heavy atom. The van der Waals surface area contributed by atoms with E-state index in [2.05, 4.69) is 104 Å². The largest absolute Gasteiger partial charge is 0.301 e. The number of carbonyl (C=O) groups excluding carboxylic acids is 2. The summed E-state index contributed by atoms with van der Waals surface area (Å²) in [6.07, 6.45) is 2.07. The first-order valence-corrected chi connectivity index (χ1v) is 15.8. The Bertz CT molecular complexity index is 2040. The molecule has 2 aliphatic heterocycles. The summed E-state index contributed by atoms with van der Waals surface area (Å²) >= 11 is 0. The van der Waals surface area contributed by atoms with Crippen LogP contribution in [0.15, 0.2) is 121 Å². The van der Waals surface area contributed by atoms with Gasteiger partial charge in [-0.1, -0.05) is 115 Å². The molecule has 0 saturated carbocycles. The van der Waals surface area contributed by atoms with Crippen LogP contribution in [0.2, 0.25) is 0 Å². The van der Waals surface area contributed by atoms with Gasteiger partial charge in [-0.3, -0.25) is 14.9 Å². The van der Waals surface area contributed by atoms with Crippen LogP contribution in [0.4, 0.5) is 0 Å². The smallest absolute Gasteiger partial charge is 0.189 e. The van der Waals surface area contributed by atoms with Gasteiger partial charge in [0.15, 0.2) is 11.6 Å². The molecule has 45 heavy (non-hydrogen) atoms. The number of carbonyl (C=O) groups is 2. The lowest BCUT2D eigenvalue weighted by Crippen LogP contribution is -2.64. The topological polar surface area (TPSA) is 49.4 Å². The van der Waals surface area contributed by atoms with E-state index >= 15 is 9.59 Å². The molecule has 4 heteroatoms. The van der Waals surface area contributed by atoms with Crippen LogP contribution in [0, 0.1) is 19.3 Å². The molecule has 2 fully saturated rings. The average molecular weight is 589 g/mol. The third-order valence-corrected chi connectivity index (χ3v) is 10.7. The Balaban J connectivity index is 1.49. The summed E-state index contributed by atoms with van der Waals surface area (Å²) < 4.78 is 0. The molecular formula is C41H36N2O2. The van der Waals surface area contributed by atoms with Crippen molar-refractivity contribution in [3.05, 3.63) is 160 Å². The highest BCUT2D eigenvalue weighted by Crippen LogP contribution is 2.66. The third kappa shape index (κ3) is 3.79. The van der Waals surface area contributed by atoms with E-state index in [4.69, 9.17) is 0 Å². The molecule has 0 aromatic heterocycles. The number of fused-ring (bicyclic) bond motifs is 2. The Labute approximate surface area is 264 Å². The van der Waals surface area contributed by atoms with Crippen molar-refractivity contribution in [2.45, 2.75) is 31.3 Å². The molecule has 2 saturated heterocycles. The van der Waals surface area contributed by atoms with Gasteiger partial charge in [-0.15, -0.1) is 0 Å². The molecule has 5 aromatic rings. The maximum absolute atomic E-state index is 15.8. The van der Waals surface area contributed by atoms with E-state index in [0.29, 0.717) is 18.7 Å². The maximum Gasteiger partial charge on any atom is 0.189 e. The predicted molar refractivity (Wildman–Crippen MR) is 180 cm³/mol. The molecule has 0 bridgehead atoms. The highest BCUT2D eigenvalue weighted by Gasteiger charge is 2.74. The van der Waals surface area contributed by atoms with Crippen molar-refractivity contribution in [1.29, 1.82) is 0 Å². The molecule has 1 N–H and O–H groups in total. The minimum absolute atomic E-state index is 0.00907. The number of rotatable bonds is 3. The minimum Gasteiger partial charge on any atom is -0.301 e. The summed E-state index contributed by atoms with van der Waals surface area (Å²) in [7, 11) is 2.09. The third-order valence-electron chi connectivity index (χ3n) is 10.7. The Morgan fingerprint density at radius 3 is 2.20 bits per heavy atom. The SMILES string of the molecule is Cc1ccccc1/C=C1\CN(C)C[C@@]2(C1=O)[C@@H](c1ccccc1C)[C@H](c1ccccc1)N[C@@]21C(=O)c2cccc3cccc1c23. The molecule has 2 heterocycles. The van der Waals surface area contributed by atoms with E-state index in [1.165, 1.54) is 0 Å². The van der Waals surface area contributed by atoms with Crippen molar-refractivity contribution in [2.24, 2.45) is 5.41 Å². The standard InChI is InChI=1S/C41H36N2O2/c1-26-13-7-9-17-30(26)23-31-24-43(3)25-40(38(31)44)36(32-20-10-8-14-27(32)2)37(29-15-5-4-6-16-29)42-41(40)34-22-12-19-28-18-11-21-33(35(28)34)39(41)45/h4-23,36-37,42H,24-25H2,1-3H3/b31-23+/t36-,37-,40-,41-/m0/s1. The molecule has 3 aliphatic rings. The van der Waals surface area contributed by atoms with E-state index in [1.54, 1.807) is 0 Å². The molecule has 5 aromatic carbocycles. The quantitative estimate of drug-likeness (QED) is 0.221. The van der Waals surface area contributed by atoms with Crippen LogP contribution in [0.1, 0.15) is 55.7 Å². The van der Waals surface area contributed by atoms with Gasteiger partial charge in [-0.05, 0) is 71.1 Å². The van der Waals surface area contributed by atoms with E-state index < -0.39 is 11.0 Å².